The molecule has 2 aromatic rings. The van der Waals surface area contributed by atoms with Gasteiger partial charge in [-0.25, -0.2) is 4.79 Å². The highest BCUT2D eigenvalue weighted by Crippen LogP contribution is 2.56. The quantitative estimate of drug-likeness (QED) is 0.307. The number of aliphatic carboxylic acids is 1. The second kappa shape index (κ2) is 12.6. The minimum absolute atomic E-state index is 0.0515. The molecule has 2 N–H and O–H groups in total. The molecular weight excluding hydrogens is 576 g/mol. The number of ether oxygens (including phenoxy) is 2. The number of benzene rings is 2. The molecule has 2 aromatic carbocycles. The number of carboxylic acid groups (broad SMARTS) is 1. The van der Waals surface area contributed by atoms with Crippen molar-refractivity contribution in [2.45, 2.75) is 136 Å². The summed E-state index contributed by atoms with van der Waals surface area (Å²) in [7, 11) is 1.68. The van der Waals surface area contributed by atoms with Crippen molar-refractivity contribution in [1.82, 2.24) is 10.2 Å². The lowest BCUT2D eigenvalue weighted by Crippen LogP contribution is -2.61. The van der Waals surface area contributed by atoms with E-state index in [0.717, 1.165) is 16.9 Å². The number of amides is 1. The van der Waals surface area contributed by atoms with Crippen LogP contribution in [0.3, 0.4) is 0 Å². The molecule has 2 aliphatic rings. The van der Waals surface area contributed by atoms with E-state index < -0.39 is 40.1 Å². The Morgan fingerprint density at radius 3 is 2.04 bits per heavy atom. The summed E-state index contributed by atoms with van der Waals surface area (Å²) in [5.74, 6) is -1.06. The fraction of sp³-hybridized carbons (Fsp3) is 0.641. The standard InChI is InChI=1S/C39H58N2O5/c1-13-39(34(43)44)32(36(5,6)7)30(40-24-26-21-28(35(2,3)4)19-20-29(26)45-12)31(25-17-15-14-16-18-25)41(39)33(42)27-22-37(8,9)46-38(10,11)23-27/h14-21,27,30-32,40H,13,22-24H2,1-12H3,(H,43,44)/t30-,31+,32-,39+/m1/s1. The van der Waals surface area contributed by atoms with Crippen LogP contribution >= 0.6 is 0 Å². The Morgan fingerprint density at radius 1 is 0.978 bits per heavy atom. The first-order chi connectivity index (χ1) is 21.2. The third-order valence-corrected chi connectivity index (χ3v) is 10.2. The zero-order valence-corrected chi connectivity index (χ0v) is 30.3. The van der Waals surface area contributed by atoms with Crippen molar-refractivity contribution in [3.8, 4) is 5.75 Å². The van der Waals surface area contributed by atoms with Crippen LogP contribution in [0.2, 0.25) is 0 Å². The van der Waals surface area contributed by atoms with Gasteiger partial charge in [-0.15, -0.1) is 0 Å². The van der Waals surface area contributed by atoms with Gasteiger partial charge in [0.1, 0.15) is 11.3 Å². The molecule has 1 amide bonds. The maximum absolute atomic E-state index is 15.1. The number of nitrogens with zero attached hydrogens (tertiary/aromatic N) is 1. The second-order valence-corrected chi connectivity index (χ2v) is 16.9. The van der Waals surface area contributed by atoms with Crippen LogP contribution in [-0.4, -0.2) is 51.8 Å². The summed E-state index contributed by atoms with van der Waals surface area (Å²) in [6.07, 6.45) is 1.35. The number of nitrogens with one attached hydrogen (secondary N) is 1. The third-order valence-electron chi connectivity index (χ3n) is 10.2. The predicted octanol–water partition coefficient (Wildman–Crippen LogP) is 7.91. The summed E-state index contributed by atoms with van der Waals surface area (Å²) < 4.78 is 12.2. The summed E-state index contributed by atoms with van der Waals surface area (Å²) >= 11 is 0. The van der Waals surface area contributed by atoms with Crippen LogP contribution in [0.4, 0.5) is 0 Å². The monoisotopic (exact) mass is 634 g/mol. The van der Waals surface area contributed by atoms with Gasteiger partial charge in [-0.05, 0) is 75.0 Å². The molecule has 0 radical (unpaired) electrons. The van der Waals surface area contributed by atoms with Crippen molar-refractivity contribution in [2.75, 3.05) is 7.11 Å². The summed E-state index contributed by atoms with van der Waals surface area (Å²) in [5.41, 5.74) is 0.153. The second-order valence-electron chi connectivity index (χ2n) is 16.9. The molecule has 0 aliphatic carbocycles. The van der Waals surface area contributed by atoms with Gasteiger partial charge in [0, 0.05) is 30.0 Å². The Morgan fingerprint density at radius 2 is 1.57 bits per heavy atom. The van der Waals surface area contributed by atoms with E-state index in [1.54, 1.807) is 12.0 Å². The number of likely N-dealkylation sites (tertiary alicyclic amines) is 1. The summed E-state index contributed by atoms with van der Waals surface area (Å²) in [6, 6.07) is 15.4. The maximum atomic E-state index is 15.1. The van der Waals surface area contributed by atoms with Gasteiger partial charge in [0.25, 0.3) is 0 Å². The average Bonchev–Trinajstić information content (AvgIpc) is 3.25. The van der Waals surface area contributed by atoms with Crippen molar-refractivity contribution >= 4 is 11.9 Å². The molecule has 0 aromatic heterocycles. The first-order valence-electron chi connectivity index (χ1n) is 16.9. The van der Waals surface area contributed by atoms with E-state index in [0.29, 0.717) is 19.4 Å². The molecular formula is C39H58N2O5. The Labute approximate surface area is 277 Å². The Bertz CT molecular complexity index is 1390. The molecule has 4 rings (SSSR count). The van der Waals surface area contributed by atoms with Crippen LogP contribution in [0.5, 0.6) is 5.75 Å². The number of hydrogen-bond donors (Lipinski definition) is 2. The van der Waals surface area contributed by atoms with E-state index in [1.807, 2.05) is 71.0 Å². The van der Waals surface area contributed by atoms with Gasteiger partial charge in [-0.3, -0.25) is 4.79 Å². The first kappa shape index (κ1) is 35.9. The van der Waals surface area contributed by atoms with E-state index in [1.165, 1.54) is 5.56 Å². The van der Waals surface area contributed by atoms with Gasteiger partial charge in [0.05, 0.1) is 24.4 Å². The fourth-order valence-electron chi connectivity index (χ4n) is 8.71. The normalized spacial score (nSPS) is 26.6. The number of rotatable bonds is 8. The average molecular weight is 635 g/mol. The maximum Gasteiger partial charge on any atom is 0.330 e. The van der Waals surface area contributed by atoms with Crippen LogP contribution in [0, 0.1) is 17.3 Å². The molecule has 0 unspecified atom stereocenters. The van der Waals surface area contributed by atoms with Gasteiger partial charge in [0.2, 0.25) is 5.91 Å². The molecule has 7 nitrogen and oxygen atoms in total. The van der Waals surface area contributed by atoms with Gasteiger partial charge >= 0.3 is 5.97 Å². The van der Waals surface area contributed by atoms with Gasteiger partial charge in [-0.1, -0.05) is 90.9 Å². The van der Waals surface area contributed by atoms with Gasteiger partial charge in [-0.2, -0.15) is 0 Å². The highest BCUT2D eigenvalue weighted by Gasteiger charge is 2.67. The Kier molecular flexibility index (Phi) is 9.85. The first-order valence-corrected chi connectivity index (χ1v) is 16.9. The molecule has 254 valence electrons. The lowest BCUT2D eigenvalue weighted by atomic mass is 9.65. The molecule has 2 aliphatic heterocycles. The van der Waals surface area contributed by atoms with E-state index in [4.69, 9.17) is 9.47 Å². The number of carbonyl (C=O) groups excluding carboxylic acids is 1. The van der Waals surface area contributed by atoms with E-state index in [-0.39, 0.29) is 29.7 Å². The predicted molar refractivity (Wildman–Crippen MR) is 184 cm³/mol. The van der Waals surface area contributed by atoms with Crippen molar-refractivity contribution in [3.05, 3.63) is 65.2 Å². The highest BCUT2D eigenvalue weighted by atomic mass is 16.5. The topological polar surface area (TPSA) is 88.1 Å². The van der Waals surface area contributed by atoms with Crippen molar-refractivity contribution in [3.63, 3.8) is 0 Å². The van der Waals surface area contributed by atoms with Crippen molar-refractivity contribution < 1.29 is 24.2 Å². The number of hydrogen-bond acceptors (Lipinski definition) is 5. The number of methoxy groups -OCH3 is 1. The molecule has 4 atom stereocenters. The number of carboxylic acids is 1. The lowest BCUT2D eigenvalue weighted by molar-refractivity contribution is -0.188. The van der Waals surface area contributed by atoms with E-state index >= 15 is 4.79 Å². The Balaban J connectivity index is 1.92. The van der Waals surface area contributed by atoms with Crippen LogP contribution < -0.4 is 10.1 Å². The third kappa shape index (κ3) is 6.87. The van der Waals surface area contributed by atoms with Crippen molar-refractivity contribution in [2.24, 2.45) is 17.3 Å². The zero-order valence-electron chi connectivity index (χ0n) is 30.3. The van der Waals surface area contributed by atoms with E-state index in [9.17, 15) is 9.90 Å². The molecule has 0 bridgehead atoms. The van der Waals surface area contributed by atoms with Crippen LogP contribution in [0.25, 0.3) is 0 Å². The van der Waals surface area contributed by atoms with Crippen LogP contribution in [0.1, 0.15) is 118 Å². The minimum Gasteiger partial charge on any atom is -0.496 e. The smallest absolute Gasteiger partial charge is 0.330 e. The fourth-order valence-corrected chi connectivity index (χ4v) is 8.71. The van der Waals surface area contributed by atoms with Crippen molar-refractivity contribution in [1.29, 1.82) is 0 Å². The SMILES string of the molecule is CC[C@@]1(C(=O)O)[C@@H](C(C)(C)C)[C@H](NCc2cc(C(C)(C)C)ccc2OC)[C@H](c2ccccc2)N1C(=O)C1CC(C)(C)OC(C)(C)C1. The van der Waals surface area contributed by atoms with Crippen LogP contribution in [0.15, 0.2) is 48.5 Å². The molecule has 7 heteroatoms. The molecule has 2 fully saturated rings. The summed E-state index contributed by atoms with van der Waals surface area (Å²) in [4.78, 5) is 30.8. The Hall–Kier alpha value is -2.90. The van der Waals surface area contributed by atoms with Gasteiger partial charge in [0.15, 0.2) is 0 Å². The molecule has 2 saturated heterocycles. The molecule has 0 spiro atoms. The van der Waals surface area contributed by atoms with E-state index in [2.05, 4.69) is 59.0 Å². The largest absolute Gasteiger partial charge is 0.496 e. The zero-order chi connectivity index (χ0) is 34.5. The molecule has 2 heterocycles. The summed E-state index contributed by atoms with van der Waals surface area (Å²) in [6.45, 7) is 23.4. The molecule has 0 saturated carbocycles. The molecule has 46 heavy (non-hydrogen) atoms. The summed E-state index contributed by atoms with van der Waals surface area (Å²) in [5, 5.41) is 15.2. The lowest BCUT2D eigenvalue weighted by Gasteiger charge is -2.49. The minimum atomic E-state index is -1.43. The van der Waals surface area contributed by atoms with Gasteiger partial charge < -0.3 is 24.8 Å². The highest BCUT2D eigenvalue weighted by molar-refractivity contribution is 5.90. The number of carbonyl (C=O) groups is 2. The van der Waals surface area contributed by atoms with Crippen LogP contribution in [-0.2, 0) is 26.3 Å².